The van der Waals surface area contributed by atoms with Crippen molar-refractivity contribution in [3.05, 3.63) is 11.8 Å². The van der Waals surface area contributed by atoms with Crippen molar-refractivity contribution in [3.8, 4) is 0 Å². The largest absolute Gasteiger partial charge is 0.383 e. The predicted molar refractivity (Wildman–Crippen MR) is 46.9 cm³/mol. The summed E-state index contributed by atoms with van der Waals surface area (Å²) in [7, 11) is 3.88. The molecule has 3 heteroatoms. The molecule has 0 aliphatic carbocycles. The lowest BCUT2D eigenvalue weighted by Crippen LogP contribution is -2.02. The van der Waals surface area contributed by atoms with Crippen LogP contribution in [0.3, 0.4) is 0 Å². The lowest BCUT2D eigenvalue weighted by atomic mass is 10.3. The van der Waals surface area contributed by atoms with Crippen molar-refractivity contribution in [1.82, 2.24) is 4.90 Å². The van der Waals surface area contributed by atoms with Crippen LogP contribution in [0.1, 0.15) is 6.92 Å². The summed E-state index contributed by atoms with van der Waals surface area (Å²) < 4.78 is 0. The number of nitrogens with zero attached hydrogens (tertiary/aromatic N) is 2. The Kier molecular flexibility index (Phi) is 5.07. The van der Waals surface area contributed by atoms with Crippen molar-refractivity contribution >= 4 is 12.5 Å². The summed E-state index contributed by atoms with van der Waals surface area (Å²) in [4.78, 5) is 15.7. The third-order valence-electron chi connectivity index (χ3n) is 0.937. The van der Waals surface area contributed by atoms with E-state index in [1.165, 1.54) is 0 Å². The van der Waals surface area contributed by atoms with Gasteiger partial charge in [0.1, 0.15) is 6.29 Å². The Morgan fingerprint density at radius 2 is 2.18 bits per heavy atom. The first-order chi connectivity index (χ1) is 5.16. The number of rotatable bonds is 4. The molecule has 0 aromatic heterocycles. The molecule has 0 N–H and O–H groups in total. The molecule has 0 saturated heterocycles. The minimum absolute atomic E-state index is 0.249. The standard InChI is InChI=1S/C8H14N2O/c1-8(7-10(2)3)6-9-4-5-11/h5-7H,4H2,1-3H3/b8-7-,9-6?. The van der Waals surface area contributed by atoms with Gasteiger partial charge in [-0.2, -0.15) is 0 Å². The minimum atomic E-state index is 0.249. The van der Waals surface area contributed by atoms with Crippen LogP contribution in [0.2, 0.25) is 0 Å². The summed E-state index contributed by atoms with van der Waals surface area (Å²) in [5.41, 5.74) is 1.04. The van der Waals surface area contributed by atoms with Gasteiger partial charge in [-0.1, -0.05) is 0 Å². The highest BCUT2D eigenvalue weighted by atomic mass is 16.1. The van der Waals surface area contributed by atoms with Gasteiger partial charge in [-0.25, -0.2) is 0 Å². The summed E-state index contributed by atoms with van der Waals surface area (Å²) in [6.45, 7) is 2.19. The molecular weight excluding hydrogens is 140 g/mol. The number of allylic oxidation sites excluding steroid dienone is 1. The predicted octanol–water partition coefficient (Wildman–Crippen LogP) is 0.722. The molecule has 0 unspecified atom stereocenters. The molecule has 62 valence electrons. The second-order valence-electron chi connectivity index (χ2n) is 2.50. The van der Waals surface area contributed by atoms with Crippen LogP contribution in [0.5, 0.6) is 0 Å². The fourth-order valence-corrected chi connectivity index (χ4v) is 0.680. The van der Waals surface area contributed by atoms with E-state index in [9.17, 15) is 4.79 Å². The topological polar surface area (TPSA) is 32.7 Å². The van der Waals surface area contributed by atoms with Gasteiger partial charge >= 0.3 is 0 Å². The number of carbonyl (C=O) groups excluding carboxylic acids is 1. The monoisotopic (exact) mass is 154 g/mol. The SMILES string of the molecule is C/C(C=NCC=O)=C/N(C)C. The highest BCUT2D eigenvalue weighted by Crippen LogP contribution is 1.88. The first kappa shape index (κ1) is 9.88. The Morgan fingerprint density at radius 1 is 1.55 bits per heavy atom. The second kappa shape index (κ2) is 5.65. The van der Waals surface area contributed by atoms with Gasteiger partial charge in [0, 0.05) is 26.5 Å². The molecule has 0 rings (SSSR count). The number of aliphatic imine (C=N–C) groups is 1. The summed E-state index contributed by atoms with van der Waals surface area (Å²) in [6, 6.07) is 0. The molecule has 0 aromatic carbocycles. The highest BCUT2D eigenvalue weighted by molar-refractivity contribution is 5.78. The van der Waals surface area contributed by atoms with E-state index in [1.807, 2.05) is 32.1 Å². The van der Waals surface area contributed by atoms with Crippen molar-refractivity contribution in [3.63, 3.8) is 0 Å². The zero-order valence-electron chi connectivity index (χ0n) is 7.24. The highest BCUT2D eigenvalue weighted by Gasteiger charge is 1.82. The fourth-order valence-electron chi connectivity index (χ4n) is 0.680. The zero-order valence-corrected chi connectivity index (χ0v) is 7.24. The van der Waals surface area contributed by atoms with Crippen molar-refractivity contribution in [1.29, 1.82) is 0 Å². The first-order valence-corrected chi connectivity index (χ1v) is 3.45. The van der Waals surface area contributed by atoms with Gasteiger partial charge in [0.05, 0.1) is 6.54 Å². The maximum Gasteiger partial charge on any atom is 0.141 e. The van der Waals surface area contributed by atoms with Gasteiger partial charge in [0.2, 0.25) is 0 Å². The van der Waals surface area contributed by atoms with Gasteiger partial charge in [0.25, 0.3) is 0 Å². The van der Waals surface area contributed by atoms with E-state index in [0.717, 1.165) is 11.9 Å². The summed E-state index contributed by atoms with van der Waals surface area (Å²) in [5, 5.41) is 0. The molecular formula is C8H14N2O. The molecule has 0 aliphatic rings. The lowest BCUT2D eigenvalue weighted by Gasteiger charge is -2.04. The van der Waals surface area contributed by atoms with Crippen molar-refractivity contribution < 1.29 is 4.79 Å². The smallest absolute Gasteiger partial charge is 0.141 e. The van der Waals surface area contributed by atoms with Crippen LogP contribution in [0, 0.1) is 0 Å². The average molecular weight is 154 g/mol. The third-order valence-corrected chi connectivity index (χ3v) is 0.937. The summed E-state index contributed by atoms with van der Waals surface area (Å²) >= 11 is 0. The van der Waals surface area contributed by atoms with Gasteiger partial charge in [-0.05, 0) is 12.5 Å². The van der Waals surface area contributed by atoms with Crippen LogP contribution in [0.25, 0.3) is 0 Å². The zero-order chi connectivity index (χ0) is 8.69. The van der Waals surface area contributed by atoms with Crippen molar-refractivity contribution in [2.75, 3.05) is 20.6 Å². The number of aldehydes is 1. The molecule has 0 amide bonds. The molecule has 0 atom stereocenters. The quantitative estimate of drug-likeness (QED) is 0.441. The maximum absolute atomic E-state index is 9.86. The molecule has 0 fully saturated rings. The van der Waals surface area contributed by atoms with Crippen LogP contribution in [-0.4, -0.2) is 38.0 Å². The molecule has 0 spiro atoms. The van der Waals surface area contributed by atoms with E-state index < -0.39 is 0 Å². The normalized spacial score (nSPS) is 12.1. The van der Waals surface area contributed by atoms with Crippen LogP contribution in [0.15, 0.2) is 16.8 Å². The maximum atomic E-state index is 9.86. The lowest BCUT2D eigenvalue weighted by molar-refractivity contribution is -0.106. The summed E-state index contributed by atoms with van der Waals surface area (Å²) in [6.07, 6.45) is 4.40. The number of carbonyl (C=O) groups is 1. The Balaban J connectivity index is 3.84. The Labute approximate surface area is 67.4 Å². The molecule has 11 heavy (non-hydrogen) atoms. The molecule has 0 radical (unpaired) electrons. The van der Waals surface area contributed by atoms with E-state index in [4.69, 9.17) is 0 Å². The van der Waals surface area contributed by atoms with E-state index in [1.54, 1.807) is 6.21 Å². The van der Waals surface area contributed by atoms with Crippen LogP contribution < -0.4 is 0 Å². The fraction of sp³-hybridized carbons (Fsp3) is 0.500. The number of hydrogen-bond donors (Lipinski definition) is 0. The van der Waals surface area contributed by atoms with Gasteiger partial charge < -0.3 is 9.69 Å². The van der Waals surface area contributed by atoms with Crippen molar-refractivity contribution in [2.24, 2.45) is 4.99 Å². The van der Waals surface area contributed by atoms with Gasteiger partial charge in [-0.3, -0.25) is 4.99 Å². The molecule has 0 aliphatic heterocycles. The number of hydrogen-bond acceptors (Lipinski definition) is 3. The third kappa shape index (κ3) is 6.77. The van der Waals surface area contributed by atoms with Crippen LogP contribution in [-0.2, 0) is 4.79 Å². The Hall–Kier alpha value is -1.12. The van der Waals surface area contributed by atoms with E-state index in [-0.39, 0.29) is 6.54 Å². The first-order valence-electron chi connectivity index (χ1n) is 3.45. The Morgan fingerprint density at radius 3 is 2.64 bits per heavy atom. The molecule has 0 aromatic rings. The molecule has 0 heterocycles. The molecule has 0 bridgehead atoms. The van der Waals surface area contributed by atoms with E-state index >= 15 is 0 Å². The summed E-state index contributed by atoms with van der Waals surface area (Å²) in [5.74, 6) is 0. The second-order valence-corrected chi connectivity index (χ2v) is 2.50. The van der Waals surface area contributed by atoms with Crippen LogP contribution >= 0.6 is 0 Å². The Bertz CT molecular complexity index is 171. The molecule has 3 nitrogen and oxygen atoms in total. The van der Waals surface area contributed by atoms with E-state index in [0.29, 0.717) is 0 Å². The molecule has 0 saturated carbocycles. The van der Waals surface area contributed by atoms with E-state index in [2.05, 4.69) is 4.99 Å². The van der Waals surface area contributed by atoms with Crippen LogP contribution in [0.4, 0.5) is 0 Å². The van der Waals surface area contributed by atoms with Gasteiger partial charge in [0.15, 0.2) is 0 Å². The van der Waals surface area contributed by atoms with Gasteiger partial charge in [-0.15, -0.1) is 0 Å². The van der Waals surface area contributed by atoms with Crippen molar-refractivity contribution in [2.45, 2.75) is 6.92 Å². The average Bonchev–Trinajstić information content (AvgIpc) is 1.86. The minimum Gasteiger partial charge on any atom is -0.383 e.